The van der Waals surface area contributed by atoms with E-state index in [2.05, 4.69) is 37.3 Å². The number of nitrogens with zero attached hydrogens (tertiary/aromatic N) is 2. The molecular weight excluding hydrogens is 324 g/mol. The first-order valence-corrected chi connectivity index (χ1v) is 8.65. The SMILES string of the molecule is CC1CC(C)(C)c2cccc(NC3OC3c3cn(C)nc3C(F)F)c21. The van der Waals surface area contributed by atoms with Crippen molar-refractivity contribution < 1.29 is 13.5 Å². The number of aromatic nitrogens is 2. The quantitative estimate of drug-likeness (QED) is 0.819. The molecule has 25 heavy (non-hydrogen) atoms. The maximum Gasteiger partial charge on any atom is 0.282 e. The number of anilines is 1. The van der Waals surface area contributed by atoms with E-state index in [-0.39, 0.29) is 23.4 Å². The molecule has 4 rings (SSSR count). The van der Waals surface area contributed by atoms with Gasteiger partial charge in [0.25, 0.3) is 6.43 Å². The van der Waals surface area contributed by atoms with Gasteiger partial charge in [0.1, 0.15) is 11.8 Å². The van der Waals surface area contributed by atoms with E-state index in [1.807, 2.05) is 12.1 Å². The molecule has 1 aliphatic carbocycles. The van der Waals surface area contributed by atoms with Gasteiger partial charge in [-0.2, -0.15) is 5.10 Å². The Hall–Kier alpha value is -1.95. The molecule has 1 N–H and O–H groups in total. The van der Waals surface area contributed by atoms with Crippen LogP contribution in [0.25, 0.3) is 0 Å². The monoisotopic (exact) mass is 347 g/mol. The first kappa shape index (κ1) is 16.5. The van der Waals surface area contributed by atoms with Crippen LogP contribution in [0.3, 0.4) is 0 Å². The van der Waals surface area contributed by atoms with Crippen molar-refractivity contribution in [2.24, 2.45) is 7.05 Å². The minimum Gasteiger partial charge on any atom is -0.357 e. The number of aryl methyl sites for hydroxylation is 1. The molecule has 6 heteroatoms. The normalized spacial score (nSPS) is 26.8. The van der Waals surface area contributed by atoms with Crippen molar-refractivity contribution >= 4 is 5.69 Å². The zero-order valence-corrected chi connectivity index (χ0v) is 14.9. The number of alkyl halides is 2. The number of rotatable bonds is 4. The van der Waals surface area contributed by atoms with E-state index in [1.54, 1.807) is 13.2 Å². The molecule has 1 fully saturated rings. The molecule has 0 spiro atoms. The van der Waals surface area contributed by atoms with E-state index < -0.39 is 6.43 Å². The Bertz CT molecular complexity index is 815. The molecule has 0 radical (unpaired) electrons. The van der Waals surface area contributed by atoms with Crippen LogP contribution in [-0.4, -0.2) is 16.0 Å². The van der Waals surface area contributed by atoms with Crippen LogP contribution >= 0.6 is 0 Å². The van der Waals surface area contributed by atoms with Gasteiger partial charge in [-0.3, -0.25) is 4.68 Å². The van der Waals surface area contributed by atoms with Crippen molar-refractivity contribution in [3.63, 3.8) is 0 Å². The van der Waals surface area contributed by atoms with Crippen LogP contribution in [0, 0.1) is 0 Å². The predicted molar refractivity (Wildman–Crippen MR) is 91.9 cm³/mol. The highest BCUT2D eigenvalue weighted by atomic mass is 19.3. The highest BCUT2D eigenvalue weighted by molar-refractivity contribution is 5.61. The lowest BCUT2D eigenvalue weighted by atomic mass is 9.86. The Kier molecular flexibility index (Phi) is 3.65. The Labute approximate surface area is 146 Å². The highest BCUT2D eigenvalue weighted by Gasteiger charge is 2.45. The van der Waals surface area contributed by atoms with Crippen molar-refractivity contribution in [3.05, 3.63) is 46.8 Å². The summed E-state index contributed by atoms with van der Waals surface area (Å²) in [6.45, 7) is 6.76. The molecular formula is C19H23F2N3O. The first-order valence-electron chi connectivity index (χ1n) is 8.65. The second-order valence-electron chi connectivity index (χ2n) is 7.82. The zero-order valence-electron chi connectivity index (χ0n) is 14.9. The van der Waals surface area contributed by atoms with Gasteiger partial charge in [-0.25, -0.2) is 8.78 Å². The van der Waals surface area contributed by atoms with Gasteiger partial charge in [0.15, 0.2) is 6.23 Å². The smallest absolute Gasteiger partial charge is 0.282 e. The summed E-state index contributed by atoms with van der Waals surface area (Å²) in [6.07, 6.45) is -0.534. The zero-order chi connectivity index (χ0) is 17.9. The van der Waals surface area contributed by atoms with E-state index in [1.165, 1.54) is 15.8 Å². The maximum atomic E-state index is 13.1. The van der Waals surface area contributed by atoms with Crippen molar-refractivity contribution in [1.82, 2.24) is 9.78 Å². The molecule has 0 amide bonds. The number of benzene rings is 1. The summed E-state index contributed by atoms with van der Waals surface area (Å²) < 4.78 is 33.4. The number of hydrogen-bond donors (Lipinski definition) is 1. The van der Waals surface area contributed by atoms with Gasteiger partial charge < -0.3 is 10.1 Å². The summed E-state index contributed by atoms with van der Waals surface area (Å²) in [4.78, 5) is 0. The molecule has 0 bridgehead atoms. The molecule has 2 aromatic rings. The van der Waals surface area contributed by atoms with Gasteiger partial charge in [-0.15, -0.1) is 0 Å². The molecule has 1 aromatic heterocycles. The molecule has 134 valence electrons. The molecule has 1 saturated heterocycles. The molecule has 3 atom stereocenters. The Morgan fingerprint density at radius 1 is 1.36 bits per heavy atom. The fourth-order valence-corrected chi connectivity index (χ4v) is 4.31. The Balaban J connectivity index is 1.58. The lowest BCUT2D eigenvalue weighted by Crippen LogP contribution is -2.12. The van der Waals surface area contributed by atoms with Crippen LogP contribution in [0.2, 0.25) is 0 Å². The Morgan fingerprint density at radius 2 is 2.12 bits per heavy atom. The van der Waals surface area contributed by atoms with E-state index >= 15 is 0 Å². The number of ether oxygens (including phenoxy) is 1. The fraction of sp³-hybridized carbons (Fsp3) is 0.526. The number of epoxide rings is 1. The first-order chi connectivity index (χ1) is 11.8. The topological polar surface area (TPSA) is 42.4 Å². The third-order valence-corrected chi connectivity index (χ3v) is 5.33. The summed E-state index contributed by atoms with van der Waals surface area (Å²) >= 11 is 0. The van der Waals surface area contributed by atoms with Crippen molar-refractivity contribution in [2.75, 3.05) is 5.32 Å². The van der Waals surface area contributed by atoms with Crippen LogP contribution in [0.5, 0.6) is 0 Å². The second kappa shape index (κ2) is 5.53. The van der Waals surface area contributed by atoms with Gasteiger partial charge in [0, 0.05) is 24.5 Å². The van der Waals surface area contributed by atoms with Crippen LogP contribution < -0.4 is 5.32 Å². The lowest BCUT2D eigenvalue weighted by Gasteiger charge is -2.19. The maximum absolute atomic E-state index is 13.1. The number of hydrogen-bond acceptors (Lipinski definition) is 3. The van der Waals surface area contributed by atoms with Gasteiger partial charge in [0.05, 0.1) is 0 Å². The minimum absolute atomic E-state index is 0.155. The van der Waals surface area contributed by atoms with E-state index in [4.69, 9.17) is 4.74 Å². The van der Waals surface area contributed by atoms with Gasteiger partial charge in [-0.1, -0.05) is 32.9 Å². The Morgan fingerprint density at radius 3 is 2.84 bits per heavy atom. The second-order valence-corrected chi connectivity index (χ2v) is 7.82. The van der Waals surface area contributed by atoms with Crippen LogP contribution in [0.4, 0.5) is 14.5 Å². The summed E-state index contributed by atoms with van der Waals surface area (Å²) in [7, 11) is 1.65. The summed E-state index contributed by atoms with van der Waals surface area (Å²) in [5.74, 6) is 0.459. The summed E-state index contributed by atoms with van der Waals surface area (Å²) in [5.41, 5.74) is 4.16. The molecule has 0 saturated carbocycles. The van der Waals surface area contributed by atoms with Crippen LogP contribution in [0.15, 0.2) is 24.4 Å². The van der Waals surface area contributed by atoms with Gasteiger partial charge in [-0.05, 0) is 34.9 Å². The number of halogens is 2. The van der Waals surface area contributed by atoms with Crippen molar-refractivity contribution in [1.29, 1.82) is 0 Å². The number of nitrogens with one attached hydrogen (secondary N) is 1. The third kappa shape index (κ3) is 2.72. The summed E-state index contributed by atoms with van der Waals surface area (Å²) in [6, 6.07) is 6.28. The lowest BCUT2D eigenvalue weighted by molar-refractivity contribution is 0.143. The van der Waals surface area contributed by atoms with Crippen molar-refractivity contribution in [2.45, 2.75) is 57.3 Å². The van der Waals surface area contributed by atoms with Crippen LogP contribution in [-0.2, 0) is 17.2 Å². The highest BCUT2D eigenvalue weighted by Crippen LogP contribution is 2.50. The van der Waals surface area contributed by atoms with E-state index in [9.17, 15) is 8.78 Å². The molecule has 2 heterocycles. The average Bonchev–Trinajstić information content (AvgIpc) is 3.09. The molecule has 4 nitrogen and oxygen atoms in total. The standard InChI is InChI=1S/C19H23F2N3O/c1-10-8-19(2,3)12-6-5-7-13(14(10)12)22-18-16(25-18)11-9-24(4)23-15(11)17(20)21/h5-7,9-10,16-18,22H,8H2,1-4H3. The molecule has 3 unspecified atom stereocenters. The largest absolute Gasteiger partial charge is 0.357 e. The predicted octanol–water partition coefficient (Wildman–Crippen LogP) is 4.65. The minimum atomic E-state index is -2.59. The average molecular weight is 347 g/mol. The molecule has 2 aliphatic rings. The van der Waals surface area contributed by atoms with Crippen molar-refractivity contribution in [3.8, 4) is 0 Å². The third-order valence-electron chi connectivity index (χ3n) is 5.33. The number of fused-ring (bicyclic) bond motifs is 1. The van der Waals surface area contributed by atoms with Gasteiger partial charge in [0.2, 0.25) is 0 Å². The molecule has 1 aliphatic heterocycles. The summed E-state index contributed by atoms with van der Waals surface area (Å²) in [5, 5.41) is 7.26. The van der Waals surface area contributed by atoms with Gasteiger partial charge >= 0.3 is 0 Å². The van der Waals surface area contributed by atoms with Crippen LogP contribution in [0.1, 0.15) is 68.0 Å². The van der Waals surface area contributed by atoms with E-state index in [0.29, 0.717) is 11.5 Å². The molecule has 1 aromatic carbocycles. The van der Waals surface area contributed by atoms with E-state index in [0.717, 1.165) is 12.1 Å². The fourth-order valence-electron chi connectivity index (χ4n) is 4.31.